The molecule has 0 saturated heterocycles. The van der Waals surface area contributed by atoms with Crippen molar-refractivity contribution in [3.63, 3.8) is 0 Å². The molecule has 4 rings (SSSR count). The number of fused-ring (bicyclic) bond motifs is 1. The van der Waals surface area contributed by atoms with Crippen molar-refractivity contribution in [2.24, 2.45) is 4.99 Å². The fourth-order valence-corrected chi connectivity index (χ4v) is 3.61. The zero-order chi connectivity index (χ0) is 20.9. The number of aliphatic imine (C=N–C) groups is 1. The number of pyridine rings is 1. The van der Waals surface area contributed by atoms with E-state index in [9.17, 15) is 23.1 Å². The lowest BCUT2D eigenvalue weighted by Gasteiger charge is -2.19. The molecule has 3 aromatic rings. The molecule has 1 N–H and O–H groups in total. The van der Waals surface area contributed by atoms with Crippen LogP contribution >= 0.6 is 0 Å². The van der Waals surface area contributed by atoms with Crippen LogP contribution in [-0.4, -0.2) is 31.5 Å². The van der Waals surface area contributed by atoms with E-state index in [0.717, 1.165) is 11.5 Å². The number of rotatable bonds is 2. The van der Waals surface area contributed by atoms with Gasteiger partial charge in [-0.2, -0.15) is 18.3 Å². The summed E-state index contributed by atoms with van der Waals surface area (Å²) < 4.78 is 40.6. The van der Waals surface area contributed by atoms with E-state index in [0.29, 0.717) is 36.0 Å². The molecule has 1 unspecified atom stereocenters. The number of hydrogen-bond acceptors (Lipinski definition) is 4. The van der Waals surface area contributed by atoms with Gasteiger partial charge in [-0.1, -0.05) is 0 Å². The van der Waals surface area contributed by atoms with Crippen molar-refractivity contribution in [2.75, 3.05) is 0 Å². The molecule has 3 heterocycles. The van der Waals surface area contributed by atoms with Gasteiger partial charge in [0.2, 0.25) is 5.91 Å². The van der Waals surface area contributed by atoms with Gasteiger partial charge in [0.25, 0.3) is 0 Å². The van der Waals surface area contributed by atoms with Crippen LogP contribution in [0.4, 0.5) is 13.2 Å². The van der Waals surface area contributed by atoms with Gasteiger partial charge in [-0.25, -0.2) is 9.98 Å². The summed E-state index contributed by atoms with van der Waals surface area (Å²) >= 11 is 0. The average molecular weight is 402 g/mol. The average Bonchev–Trinajstić information content (AvgIpc) is 3.03. The SMILES string of the molecule is CC1=NC(=O)CCC1n1cc2ccc(-c3c(C)cc(C(F)(F)F)cc3O)nc2n1. The fourth-order valence-electron chi connectivity index (χ4n) is 3.61. The summed E-state index contributed by atoms with van der Waals surface area (Å²) in [5.41, 5.74) is 0.975. The molecule has 29 heavy (non-hydrogen) atoms. The second kappa shape index (κ2) is 6.68. The number of carbonyl (C=O) groups is 1. The summed E-state index contributed by atoms with van der Waals surface area (Å²) in [6.07, 6.45) is -1.81. The molecule has 0 saturated carbocycles. The van der Waals surface area contributed by atoms with Crippen LogP contribution in [0.3, 0.4) is 0 Å². The summed E-state index contributed by atoms with van der Waals surface area (Å²) in [5, 5.41) is 15.4. The molecule has 0 fully saturated rings. The Bertz CT molecular complexity index is 1140. The van der Waals surface area contributed by atoms with Crippen LogP contribution in [0.2, 0.25) is 0 Å². The van der Waals surface area contributed by atoms with Crippen LogP contribution < -0.4 is 0 Å². The maximum atomic E-state index is 13.0. The van der Waals surface area contributed by atoms with E-state index in [-0.39, 0.29) is 23.1 Å². The van der Waals surface area contributed by atoms with E-state index in [2.05, 4.69) is 15.1 Å². The molecule has 1 amide bonds. The first-order chi connectivity index (χ1) is 13.6. The molecule has 1 aliphatic rings. The molecule has 150 valence electrons. The van der Waals surface area contributed by atoms with Crippen molar-refractivity contribution in [3.05, 3.63) is 41.6 Å². The van der Waals surface area contributed by atoms with Gasteiger partial charge in [0, 0.05) is 29.3 Å². The van der Waals surface area contributed by atoms with Gasteiger partial charge in [0.15, 0.2) is 5.65 Å². The number of phenolic OH excluding ortho intramolecular Hbond substituents is 1. The Hall–Kier alpha value is -3.23. The highest BCUT2D eigenvalue weighted by molar-refractivity contribution is 5.99. The number of aromatic hydroxyl groups is 1. The molecule has 6 nitrogen and oxygen atoms in total. The molecule has 2 aromatic heterocycles. The van der Waals surface area contributed by atoms with Crippen LogP contribution in [0.15, 0.2) is 35.5 Å². The Morgan fingerprint density at radius 2 is 1.97 bits per heavy atom. The molecule has 0 bridgehead atoms. The number of carbonyl (C=O) groups excluding carboxylic acids is 1. The summed E-state index contributed by atoms with van der Waals surface area (Å²) in [6.45, 7) is 3.27. The lowest BCUT2D eigenvalue weighted by Crippen LogP contribution is -2.23. The number of benzene rings is 1. The van der Waals surface area contributed by atoms with Gasteiger partial charge in [0.05, 0.1) is 17.3 Å². The largest absolute Gasteiger partial charge is 0.507 e. The van der Waals surface area contributed by atoms with Gasteiger partial charge in [-0.05, 0) is 50.1 Å². The molecule has 9 heteroatoms. The topological polar surface area (TPSA) is 80.4 Å². The molecule has 1 atom stereocenters. The number of aryl methyl sites for hydroxylation is 1. The zero-order valence-electron chi connectivity index (χ0n) is 15.7. The number of halogens is 3. The minimum atomic E-state index is -4.54. The summed E-state index contributed by atoms with van der Waals surface area (Å²) in [7, 11) is 0. The van der Waals surface area contributed by atoms with Gasteiger partial charge < -0.3 is 5.11 Å². The molecule has 1 aliphatic heterocycles. The third kappa shape index (κ3) is 3.48. The standard InChI is InChI=1S/C20H17F3N4O2/c1-10-7-13(20(21,22)23)8-16(28)18(10)14-4-3-12-9-27(26-19(12)25-14)15-5-6-17(29)24-11(15)2/h3-4,7-9,15,28H,5-6H2,1-2H3. The second-order valence-electron chi connectivity index (χ2n) is 7.10. The Morgan fingerprint density at radius 1 is 1.21 bits per heavy atom. The first-order valence-electron chi connectivity index (χ1n) is 8.98. The van der Waals surface area contributed by atoms with Crippen molar-refractivity contribution in [1.29, 1.82) is 0 Å². The Morgan fingerprint density at radius 3 is 2.62 bits per heavy atom. The highest BCUT2D eigenvalue weighted by Gasteiger charge is 2.32. The first kappa shape index (κ1) is 19.1. The van der Waals surface area contributed by atoms with Gasteiger partial charge in [-0.15, -0.1) is 0 Å². The molecule has 0 aliphatic carbocycles. The molecule has 0 radical (unpaired) electrons. The predicted molar refractivity (Wildman–Crippen MR) is 101 cm³/mol. The normalized spacial score (nSPS) is 17.6. The fraction of sp³-hybridized carbons (Fsp3) is 0.300. The Kier molecular flexibility index (Phi) is 4.40. The molecule has 0 spiro atoms. The van der Waals surface area contributed by atoms with Crippen LogP contribution in [0.5, 0.6) is 5.75 Å². The third-order valence-electron chi connectivity index (χ3n) is 5.02. The first-order valence-corrected chi connectivity index (χ1v) is 8.98. The van der Waals surface area contributed by atoms with Gasteiger partial charge in [0.1, 0.15) is 5.75 Å². The molecule has 1 aromatic carbocycles. The van der Waals surface area contributed by atoms with E-state index in [1.54, 1.807) is 29.9 Å². The zero-order valence-corrected chi connectivity index (χ0v) is 15.7. The number of hydrogen-bond donors (Lipinski definition) is 1. The van der Waals surface area contributed by atoms with Crippen LogP contribution in [-0.2, 0) is 11.0 Å². The number of aromatic nitrogens is 3. The maximum absolute atomic E-state index is 13.0. The van der Waals surface area contributed by atoms with Crippen molar-refractivity contribution in [1.82, 2.24) is 14.8 Å². The highest BCUT2D eigenvalue weighted by atomic mass is 19.4. The smallest absolute Gasteiger partial charge is 0.416 e. The number of phenols is 1. The van der Waals surface area contributed by atoms with Crippen molar-refractivity contribution in [3.8, 4) is 17.0 Å². The van der Waals surface area contributed by atoms with E-state index < -0.39 is 17.5 Å². The highest BCUT2D eigenvalue weighted by Crippen LogP contribution is 2.38. The summed E-state index contributed by atoms with van der Waals surface area (Å²) in [6, 6.07) is 4.92. The third-order valence-corrected chi connectivity index (χ3v) is 5.02. The van der Waals surface area contributed by atoms with Crippen LogP contribution in [0.25, 0.3) is 22.3 Å². The van der Waals surface area contributed by atoms with Crippen molar-refractivity contribution in [2.45, 2.75) is 38.9 Å². The van der Waals surface area contributed by atoms with E-state index in [4.69, 9.17) is 0 Å². The molecular weight excluding hydrogens is 385 g/mol. The van der Waals surface area contributed by atoms with Crippen molar-refractivity contribution < 1.29 is 23.1 Å². The predicted octanol–water partition coefficient (Wildman–Crippen LogP) is 4.45. The molecular formula is C20H17F3N4O2. The Balaban J connectivity index is 1.76. The lowest BCUT2D eigenvalue weighted by atomic mass is 10.00. The number of nitrogens with zero attached hydrogens (tertiary/aromatic N) is 4. The minimum absolute atomic E-state index is 0.147. The van der Waals surface area contributed by atoms with Gasteiger partial charge >= 0.3 is 6.18 Å². The van der Waals surface area contributed by atoms with E-state index >= 15 is 0 Å². The van der Waals surface area contributed by atoms with E-state index in [1.807, 2.05) is 0 Å². The summed E-state index contributed by atoms with van der Waals surface area (Å²) in [5.74, 6) is -0.637. The number of alkyl halides is 3. The van der Waals surface area contributed by atoms with Gasteiger partial charge in [-0.3, -0.25) is 9.48 Å². The quantitative estimate of drug-likeness (QED) is 0.687. The minimum Gasteiger partial charge on any atom is -0.507 e. The number of amides is 1. The van der Waals surface area contributed by atoms with Crippen LogP contribution in [0, 0.1) is 6.92 Å². The summed E-state index contributed by atoms with van der Waals surface area (Å²) in [4.78, 5) is 19.9. The Labute approximate surface area is 163 Å². The lowest BCUT2D eigenvalue weighted by molar-refractivity contribution is -0.137. The maximum Gasteiger partial charge on any atom is 0.416 e. The monoisotopic (exact) mass is 402 g/mol. The second-order valence-corrected chi connectivity index (χ2v) is 7.10. The van der Waals surface area contributed by atoms with Crippen LogP contribution in [0.1, 0.15) is 36.9 Å². The van der Waals surface area contributed by atoms with E-state index in [1.165, 1.54) is 6.92 Å². The van der Waals surface area contributed by atoms with Crippen molar-refractivity contribution >= 4 is 22.7 Å².